The zero-order valence-corrected chi connectivity index (χ0v) is 17.0. The summed E-state index contributed by atoms with van der Waals surface area (Å²) in [5, 5.41) is 8.96. The summed E-state index contributed by atoms with van der Waals surface area (Å²) >= 11 is 0. The maximum atomic E-state index is 13.3. The maximum absolute atomic E-state index is 13.3. The van der Waals surface area contributed by atoms with E-state index in [1.54, 1.807) is 42.2 Å². The van der Waals surface area contributed by atoms with Gasteiger partial charge in [-0.1, -0.05) is 12.1 Å². The first-order valence-electron chi connectivity index (χ1n) is 9.53. The van der Waals surface area contributed by atoms with Crippen molar-refractivity contribution < 1.29 is 32.2 Å². The van der Waals surface area contributed by atoms with Crippen LogP contribution in [-0.4, -0.2) is 38.6 Å². The Bertz CT molecular complexity index is 970. The summed E-state index contributed by atoms with van der Waals surface area (Å²) in [6.07, 6.45) is -5.26. The Labute approximate surface area is 177 Å². The van der Waals surface area contributed by atoms with Crippen LogP contribution in [0.5, 0.6) is 5.75 Å². The van der Waals surface area contributed by atoms with Gasteiger partial charge in [-0.15, -0.1) is 0 Å². The first-order chi connectivity index (χ1) is 14.7. The number of rotatable bonds is 6. The van der Waals surface area contributed by atoms with E-state index in [1.165, 1.54) is 19.2 Å². The highest BCUT2D eigenvalue weighted by atomic mass is 19.4. The van der Waals surface area contributed by atoms with E-state index in [-0.39, 0.29) is 25.1 Å². The van der Waals surface area contributed by atoms with E-state index in [1.807, 2.05) is 0 Å². The van der Waals surface area contributed by atoms with Gasteiger partial charge in [0.15, 0.2) is 0 Å². The molecule has 1 saturated heterocycles. The van der Waals surface area contributed by atoms with E-state index in [0.717, 1.165) is 11.6 Å². The number of alkyl halides is 3. The number of hydrogen-bond acceptors (Lipinski definition) is 6. The fraction of sp³-hybridized carbons (Fsp3) is 0.364. The van der Waals surface area contributed by atoms with Gasteiger partial charge < -0.3 is 19.1 Å². The topological polar surface area (TPSA) is 71.8 Å². The molecular formula is C22H21F3N2O4. The van der Waals surface area contributed by atoms with Crippen LogP contribution in [0.1, 0.15) is 23.6 Å². The van der Waals surface area contributed by atoms with Gasteiger partial charge >= 0.3 is 12.1 Å². The Morgan fingerprint density at radius 2 is 1.97 bits per heavy atom. The Kier molecular flexibility index (Phi) is 6.71. The summed E-state index contributed by atoms with van der Waals surface area (Å²) < 4.78 is 55.9. The van der Waals surface area contributed by atoms with Crippen LogP contribution in [0, 0.1) is 11.3 Å². The molecule has 3 rings (SSSR count). The molecule has 6 nitrogen and oxygen atoms in total. The molecule has 0 aromatic heterocycles. The van der Waals surface area contributed by atoms with Crippen LogP contribution in [0.2, 0.25) is 0 Å². The largest absolute Gasteiger partial charge is 0.491 e. The minimum Gasteiger partial charge on any atom is -0.491 e. The lowest BCUT2D eigenvalue weighted by Crippen LogP contribution is -2.28. The molecule has 9 heteroatoms. The van der Waals surface area contributed by atoms with Gasteiger partial charge in [0.25, 0.3) is 0 Å². The SMILES string of the molecule is COC(=O)Cc1ccc(OC[C@@H]2CN(c3ccc(C#N)c(C(F)(F)F)c3)[C@@H](C)O2)cc1. The predicted molar refractivity (Wildman–Crippen MR) is 105 cm³/mol. The van der Waals surface area contributed by atoms with Crippen molar-refractivity contribution in [3.63, 3.8) is 0 Å². The number of nitriles is 1. The van der Waals surface area contributed by atoms with Gasteiger partial charge in [0, 0.05) is 5.69 Å². The lowest BCUT2D eigenvalue weighted by atomic mass is 10.1. The second-order valence-corrected chi connectivity index (χ2v) is 7.06. The average Bonchev–Trinajstić information content (AvgIpc) is 3.12. The number of carbonyl (C=O) groups is 1. The third kappa shape index (κ3) is 5.47. The highest BCUT2D eigenvalue weighted by molar-refractivity contribution is 5.72. The standard InChI is InChI=1S/C22H21F3N2O4/c1-14-27(17-6-5-16(11-26)20(10-17)22(23,24)25)12-19(31-14)13-30-18-7-3-15(4-8-18)9-21(28)29-2/h3-8,10,14,19H,9,12-13H2,1-2H3/t14-,19+/m1/s1. The molecule has 2 aromatic rings. The third-order valence-corrected chi connectivity index (χ3v) is 4.92. The molecule has 0 N–H and O–H groups in total. The van der Waals surface area contributed by atoms with Gasteiger partial charge in [-0.3, -0.25) is 4.79 Å². The van der Waals surface area contributed by atoms with E-state index in [4.69, 9.17) is 14.7 Å². The van der Waals surface area contributed by atoms with Crippen LogP contribution >= 0.6 is 0 Å². The summed E-state index contributed by atoms with van der Waals surface area (Å²) in [4.78, 5) is 13.0. The number of ether oxygens (including phenoxy) is 3. The van der Waals surface area contributed by atoms with Crippen LogP contribution < -0.4 is 9.64 Å². The molecule has 164 valence electrons. The summed E-state index contributed by atoms with van der Waals surface area (Å²) in [6.45, 7) is 2.29. The predicted octanol–water partition coefficient (Wildman–Crippen LogP) is 3.92. The molecule has 0 unspecified atom stereocenters. The van der Waals surface area contributed by atoms with Gasteiger partial charge in [0.2, 0.25) is 0 Å². The molecule has 0 amide bonds. The molecule has 1 fully saturated rings. The molecule has 31 heavy (non-hydrogen) atoms. The van der Waals surface area contributed by atoms with Gasteiger partial charge in [-0.2, -0.15) is 18.4 Å². The first kappa shape index (κ1) is 22.4. The number of nitrogens with zero attached hydrogens (tertiary/aromatic N) is 2. The smallest absolute Gasteiger partial charge is 0.417 e. The Morgan fingerprint density at radius 3 is 2.58 bits per heavy atom. The van der Waals surface area contributed by atoms with E-state index in [0.29, 0.717) is 18.0 Å². The van der Waals surface area contributed by atoms with Crippen molar-refractivity contribution in [1.29, 1.82) is 5.26 Å². The molecule has 1 aliphatic rings. The minimum absolute atomic E-state index is 0.166. The molecule has 0 spiro atoms. The van der Waals surface area contributed by atoms with Crippen molar-refractivity contribution >= 4 is 11.7 Å². The lowest BCUT2D eigenvalue weighted by Gasteiger charge is -2.23. The molecule has 1 heterocycles. The van der Waals surface area contributed by atoms with Gasteiger partial charge in [0.1, 0.15) is 24.7 Å². The number of esters is 1. The van der Waals surface area contributed by atoms with Gasteiger partial charge in [-0.25, -0.2) is 0 Å². The van der Waals surface area contributed by atoms with Crippen molar-refractivity contribution in [2.24, 2.45) is 0 Å². The molecular weight excluding hydrogens is 413 g/mol. The molecule has 0 saturated carbocycles. The summed E-state index contributed by atoms with van der Waals surface area (Å²) in [6, 6.07) is 12.2. The van der Waals surface area contributed by atoms with E-state index in [9.17, 15) is 18.0 Å². The fourth-order valence-corrected chi connectivity index (χ4v) is 3.34. The Balaban J connectivity index is 1.63. The van der Waals surface area contributed by atoms with Crippen LogP contribution in [0.4, 0.5) is 18.9 Å². The molecule has 2 aromatic carbocycles. The quantitative estimate of drug-likeness (QED) is 0.642. The molecule has 2 atom stereocenters. The fourth-order valence-electron chi connectivity index (χ4n) is 3.34. The summed E-state index contributed by atoms with van der Waals surface area (Å²) in [7, 11) is 1.33. The van der Waals surface area contributed by atoms with E-state index >= 15 is 0 Å². The first-order valence-corrected chi connectivity index (χ1v) is 9.53. The second kappa shape index (κ2) is 9.27. The lowest BCUT2D eigenvalue weighted by molar-refractivity contribution is -0.140. The van der Waals surface area contributed by atoms with E-state index in [2.05, 4.69) is 4.74 Å². The zero-order valence-electron chi connectivity index (χ0n) is 17.0. The van der Waals surface area contributed by atoms with Crippen molar-refractivity contribution in [1.82, 2.24) is 0 Å². The van der Waals surface area contributed by atoms with Crippen molar-refractivity contribution in [2.45, 2.75) is 31.9 Å². The number of halogens is 3. The third-order valence-electron chi connectivity index (χ3n) is 4.92. The number of anilines is 1. The summed E-state index contributed by atoms with van der Waals surface area (Å²) in [5.74, 6) is 0.250. The molecule has 0 bridgehead atoms. The average molecular weight is 434 g/mol. The maximum Gasteiger partial charge on any atom is 0.417 e. The minimum atomic E-state index is -4.62. The van der Waals surface area contributed by atoms with E-state index < -0.39 is 23.5 Å². The van der Waals surface area contributed by atoms with Crippen LogP contribution in [-0.2, 0) is 26.9 Å². The van der Waals surface area contributed by atoms with Gasteiger partial charge in [0.05, 0.1) is 37.3 Å². The monoisotopic (exact) mass is 434 g/mol. The molecule has 1 aliphatic heterocycles. The van der Waals surface area contributed by atoms with Crippen molar-refractivity contribution in [2.75, 3.05) is 25.2 Å². The Morgan fingerprint density at radius 1 is 1.26 bits per heavy atom. The highest BCUT2D eigenvalue weighted by Gasteiger charge is 2.36. The van der Waals surface area contributed by atoms with Crippen molar-refractivity contribution in [3.8, 4) is 11.8 Å². The van der Waals surface area contributed by atoms with Crippen LogP contribution in [0.25, 0.3) is 0 Å². The number of benzene rings is 2. The summed E-state index contributed by atoms with van der Waals surface area (Å²) in [5.41, 5.74) is -0.267. The van der Waals surface area contributed by atoms with Crippen LogP contribution in [0.15, 0.2) is 42.5 Å². The Hall–Kier alpha value is -3.25. The second-order valence-electron chi connectivity index (χ2n) is 7.06. The van der Waals surface area contributed by atoms with Crippen LogP contribution in [0.3, 0.4) is 0 Å². The number of methoxy groups -OCH3 is 1. The number of carbonyl (C=O) groups excluding carboxylic acids is 1. The number of hydrogen-bond donors (Lipinski definition) is 0. The molecule has 0 aliphatic carbocycles. The zero-order chi connectivity index (χ0) is 22.6. The highest BCUT2D eigenvalue weighted by Crippen LogP contribution is 2.36. The normalized spacial score (nSPS) is 18.5. The van der Waals surface area contributed by atoms with Gasteiger partial charge in [-0.05, 0) is 42.8 Å². The molecule has 0 radical (unpaired) electrons. The van der Waals surface area contributed by atoms with Crippen molar-refractivity contribution in [3.05, 3.63) is 59.2 Å².